The molecule has 1 fully saturated rings. The highest BCUT2D eigenvalue weighted by atomic mass is 16.5. The Morgan fingerprint density at radius 1 is 1.32 bits per heavy atom. The minimum absolute atomic E-state index is 0.0545. The van der Waals surface area contributed by atoms with Crippen molar-refractivity contribution in [2.45, 2.75) is 13.0 Å². The van der Waals surface area contributed by atoms with Crippen LogP contribution >= 0.6 is 0 Å². The fourth-order valence-corrected chi connectivity index (χ4v) is 2.58. The van der Waals surface area contributed by atoms with E-state index in [-0.39, 0.29) is 11.9 Å². The Hall–Kier alpha value is -2.05. The Morgan fingerprint density at radius 2 is 2.05 bits per heavy atom. The predicted molar refractivity (Wildman–Crippen MR) is 83.7 cm³/mol. The van der Waals surface area contributed by atoms with Gasteiger partial charge in [0.25, 0.3) is 5.91 Å². The van der Waals surface area contributed by atoms with Crippen LogP contribution in [0.25, 0.3) is 11.0 Å². The molecule has 0 aliphatic carbocycles. The second-order valence-electron chi connectivity index (χ2n) is 5.53. The molecule has 2 heterocycles. The van der Waals surface area contributed by atoms with Gasteiger partial charge in [-0.2, -0.15) is 0 Å². The molecule has 0 saturated carbocycles. The van der Waals surface area contributed by atoms with E-state index in [2.05, 4.69) is 20.2 Å². The molecule has 1 saturated heterocycles. The highest BCUT2D eigenvalue weighted by Crippen LogP contribution is 2.08. The maximum absolute atomic E-state index is 12.3. The summed E-state index contributed by atoms with van der Waals surface area (Å²) < 4.78 is 5.33. The standard InChI is InChI=1S/C16H20N4O2/c1-12(11-20-6-8-22-9-7-20)18-16(21)15-10-17-13-4-2-3-5-14(13)19-15/h2-5,10,12H,6-9,11H2,1H3,(H,18,21)/t12-/m1/s1. The molecule has 116 valence electrons. The number of benzene rings is 1. The molecule has 1 atom stereocenters. The van der Waals surface area contributed by atoms with Gasteiger partial charge in [-0.1, -0.05) is 12.1 Å². The number of fused-ring (bicyclic) bond motifs is 1. The zero-order valence-corrected chi connectivity index (χ0v) is 12.7. The molecule has 6 nitrogen and oxygen atoms in total. The maximum Gasteiger partial charge on any atom is 0.271 e. The van der Waals surface area contributed by atoms with Crippen LogP contribution in [0.4, 0.5) is 0 Å². The smallest absolute Gasteiger partial charge is 0.271 e. The number of nitrogens with zero attached hydrogens (tertiary/aromatic N) is 3. The van der Waals surface area contributed by atoms with Gasteiger partial charge in [0.1, 0.15) is 5.69 Å². The van der Waals surface area contributed by atoms with E-state index in [1.54, 1.807) is 0 Å². The normalized spacial score (nSPS) is 17.3. The summed E-state index contributed by atoms with van der Waals surface area (Å²) in [6.45, 7) is 6.16. The molecule has 6 heteroatoms. The summed E-state index contributed by atoms with van der Waals surface area (Å²) >= 11 is 0. The molecule has 3 rings (SSSR count). The van der Waals surface area contributed by atoms with Crippen LogP contribution in [0.3, 0.4) is 0 Å². The molecule has 0 bridgehead atoms. The summed E-state index contributed by atoms with van der Waals surface area (Å²) in [4.78, 5) is 23.2. The van der Waals surface area contributed by atoms with Crippen LogP contribution in [0.5, 0.6) is 0 Å². The molecule has 22 heavy (non-hydrogen) atoms. The second kappa shape index (κ2) is 6.81. The van der Waals surface area contributed by atoms with Crippen molar-refractivity contribution < 1.29 is 9.53 Å². The Balaban J connectivity index is 1.62. The molecule has 1 aliphatic heterocycles. The zero-order chi connectivity index (χ0) is 15.4. The fraction of sp³-hybridized carbons (Fsp3) is 0.438. The van der Waals surface area contributed by atoms with Gasteiger partial charge < -0.3 is 10.1 Å². The summed E-state index contributed by atoms with van der Waals surface area (Å²) in [6, 6.07) is 7.58. The Morgan fingerprint density at radius 3 is 2.82 bits per heavy atom. The van der Waals surface area contributed by atoms with Crippen LogP contribution in [0.1, 0.15) is 17.4 Å². The van der Waals surface area contributed by atoms with Gasteiger partial charge in [-0.3, -0.25) is 14.7 Å². The Bertz CT molecular complexity index is 655. The van der Waals surface area contributed by atoms with Gasteiger partial charge in [-0.25, -0.2) is 4.98 Å². The van der Waals surface area contributed by atoms with Crippen molar-refractivity contribution >= 4 is 16.9 Å². The van der Waals surface area contributed by atoms with E-state index in [0.717, 1.165) is 43.9 Å². The monoisotopic (exact) mass is 300 g/mol. The van der Waals surface area contributed by atoms with Crippen LogP contribution in [0.15, 0.2) is 30.5 Å². The van der Waals surface area contributed by atoms with Crippen molar-refractivity contribution in [3.05, 3.63) is 36.2 Å². The van der Waals surface area contributed by atoms with Crippen LogP contribution < -0.4 is 5.32 Å². The molecule has 1 amide bonds. The molecule has 1 N–H and O–H groups in total. The fourth-order valence-electron chi connectivity index (χ4n) is 2.58. The lowest BCUT2D eigenvalue weighted by atomic mass is 10.2. The number of carbonyl (C=O) groups excluding carboxylic acids is 1. The lowest BCUT2D eigenvalue weighted by molar-refractivity contribution is 0.0342. The summed E-state index contributed by atoms with van der Waals surface area (Å²) in [5, 5.41) is 2.98. The quantitative estimate of drug-likeness (QED) is 0.915. The maximum atomic E-state index is 12.3. The SMILES string of the molecule is C[C@H](CN1CCOCC1)NC(=O)c1cnc2ccccc2n1. The van der Waals surface area contributed by atoms with Crippen LogP contribution in [0, 0.1) is 0 Å². The van der Waals surface area contributed by atoms with Crippen molar-refractivity contribution in [3.63, 3.8) is 0 Å². The van der Waals surface area contributed by atoms with Crippen molar-refractivity contribution in [2.24, 2.45) is 0 Å². The third kappa shape index (κ3) is 3.58. The van der Waals surface area contributed by atoms with Crippen LogP contribution in [-0.4, -0.2) is 59.7 Å². The first kappa shape index (κ1) is 14.9. The summed E-state index contributed by atoms with van der Waals surface area (Å²) in [5.41, 5.74) is 1.88. The number of hydrogen-bond donors (Lipinski definition) is 1. The second-order valence-corrected chi connectivity index (χ2v) is 5.53. The van der Waals surface area contributed by atoms with Gasteiger partial charge in [0, 0.05) is 25.7 Å². The minimum Gasteiger partial charge on any atom is -0.379 e. The van der Waals surface area contributed by atoms with E-state index in [1.807, 2.05) is 31.2 Å². The lowest BCUT2D eigenvalue weighted by Crippen LogP contribution is -2.46. The summed E-state index contributed by atoms with van der Waals surface area (Å²) in [6.07, 6.45) is 1.53. The molecule has 1 aromatic carbocycles. The van der Waals surface area contributed by atoms with E-state index in [4.69, 9.17) is 4.74 Å². The number of morpholine rings is 1. The first-order chi connectivity index (χ1) is 10.7. The number of nitrogens with one attached hydrogen (secondary N) is 1. The number of carbonyl (C=O) groups is 1. The van der Waals surface area contributed by atoms with E-state index >= 15 is 0 Å². The lowest BCUT2D eigenvalue weighted by Gasteiger charge is -2.29. The topological polar surface area (TPSA) is 67.3 Å². The first-order valence-electron chi connectivity index (χ1n) is 7.55. The number of aromatic nitrogens is 2. The predicted octanol–water partition coefficient (Wildman–Crippen LogP) is 1.08. The molecule has 0 spiro atoms. The number of amides is 1. The summed E-state index contributed by atoms with van der Waals surface area (Å²) in [7, 11) is 0. The zero-order valence-electron chi connectivity index (χ0n) is 12.7. The van der Waals surface area contributed by atoms with Gasteiger partial charge in [0.05, 0.1) is 30.4 Å². The molecule has 1 aliphatic rings. The van der Waals surface area contributed by atoms with E-state index in [1.165, 1.54) is 6.20 Å². The van der Waals surface area contributed by atoms with Gasteiger partial charge in [0.15, 0.2) is 0 Å². The van der Waals surface area contributed by atoms with E-state index < -0.39 is 0 Å². The third-order valence-corrected chi connectivity index (χ3v) is 3.69. The van der Waals surface area contributed by atoms with E-state index in [9.17, 15) is 4.79 Å². The van der Waals surface area contributed by atoms with Crippen molar-refractivity contribution in [1.29, 1.82) is 0 Å². The van der Waals surface area contributed by atoms with Gasteiger partial charge in [0.2, 0.25) is 0 Å². The molecular weight excluding hydrogens is 280 g/mol. The van der Waals surface area contributed by atoms with Gasteiger partial charge >= 0.3 is 0 Å². The van der Waals surface area contributed by atoms with Crippen molar-refractivity contribution in [1.82, 2.24) is 20.2 Å². The molecular formula is C16H20N4O2. The summed E-state index contributed by atoms with van der Waals surface area (Å²) in [5.74, 6) is -0.181. The first-order valence-corrected chi connectivity index (χ1v) is 7.55. The van der Waals surface area contributed by atoms with E-state index in [0.29, 0.717) is 5.69 Å². The minimum atomic E-state index is -0.181. The third-order valence-electron chi connectivity index (χ3n) is 3.69. The Labute approximate surface area is 129 Å². The van der Waals surface area contributed by atoms with Gasteiger partial charge in [-0.05, 0) is 19.1 Å². The highest BCUT2D eigenvalue weighted by molar-refractivity contribution is 5.93. The highest BCUT2D eigenvalue weighted by Gasteiger charge is 2.16. The molecule has 1 aromatic heterocycles. The van der Waals surface area contributed by atoms with Crippen molar-refractivity contribution in [2.75, 3.05) is 32.8 Å². The van der Waals surface area contributed by atoms with Crippen molar-refractivity contribution in [3.8, 4) is 0 Å². The van der Waals surface area contributed by atoms with Crippen LogP contribution in [0.2, 0.25) is 0 Å². The molecule has 0 radical (unpaired) electrons. The largest absolute Gasteiger partial charge is 0.379 e. The molecule has 2 aromatic rings. The average Bonchev–Trinajstić information content (AvgIpc) is 2.55. The number of rotatable bonds is 4. The molecule has 0 unspecified atom stereocenters. The average molecular weight is 300 g/mol. The number of ether oxygens (including phenoxy) is 1. The Kier molecular flexibility index (Phi) is 4.60. The number of hydrogen-bond acceptors (Lipinski definition) is 5. The van der Waals surface area contributed by atoms with Crippen LogP contribution in [-0.2, 0) is 4.74 Å². The van der Waals surface area contributed by atoms with Gasteiger partial charge in [-0.15, -0.1) is 0 Å². The number of para-hydroxylation sites is 2.